The predicted octanol–water partition coefficient (Wildman–Crippen LogP) is 2.93. The van der Waals surface area contributed by atoms with Crippen molar-refractivity contribution in [3.63, 3.8) is 0 Å². The van der Waals surface area contributed by atoms with Gasteiger partial charge in [0.05, 0.1) is 29.4 Å². The van der Waals surface area contributed by atoms with Gasteiger partial charge in [0.2, 0.25) is 0 Å². The third-order valence-corrected chi connectivity index (χ3v) is 5.31. The number of hydrogen-bond donors (Lipinski definition) is 2. The Morgan fingerprint density at radius 3 is 2.88 bits per heavy atom. The number of hydrogen-bond acceptors (Lipinski definition) is 5. The first-order valence-electron chi connectivity index (χ1n) is 7.93. The van der Waals surface area contributed by atoms with E-state index >= 15 is 0 Å². The summed E-state index contributed by atoms with van der Waals surface area (Å²) < 4.78 is 0. The summed E-state index contributed by atoms with van der Waals surface area (Å²) in [7, 11) is 0. The minimum Gasteiger partial charge on any atom is -0.393 e. The monoisotopic (exact) mass is 339 g/mol. The van der Waals surface area contributed by atoms with Crippen LogP contribution in [0, 0.1) is 5.92 Å². The number of pyridine rings is 1. The maximum Gasteiger partial charge on any atom is 0.263 e. The number of nitrogens with zero attached hydrogens (tertiary/aromatic N) is 2. The fourth-order valence-corrected chi connectivity index (χ4v) is 3.70. The third-order valence-electron chi connectivity index (χ3n) is 4.53. The maximum atomic E-state index is 12.5. The SMILES string of the molecule is O=C(NC(c1cnc2ccccc2c1)C1CC(O)C1)c1cncs1. The maximum absolute atomic E-state index is 12.5. The second-order valence-electron chi connectivity index (χ2n) is 6.16. The van der Waals surface area contributed by atoms with Gasteiger partial charge in [-0.25, -0.2) is 0 Å². The molecule has 0 bridgehead atoms. The van der Waals surface area contributed by atoms with Crippen LogP contribution in [0.2, 0.25) is 0 Å². The van der Waals surface area contributed by atoms with Gasteiger partial charge in [-0.2, -0.15) is 0 Å². The van der Waals surface area contributed by atoms with Gasteiger partial charge in [0.1, 0.15) is 4.88 Å². The van der Waals surface area contributed by atoms with E-state index in [-0.39, 0.29) is 24.0 Å². The number of aliphatic hydroxyl groups is 1. The molecular formula is C18H17N3O2S. The molecule has 0 radical (unpaired) electrons. The van der Waals surface area contributed by atoms with Gasteiger partial charge < -0.3 is 10.4 Å². The van der Waals surface area contributed by atoms with E-state index in [9.17, 15) is 9.90 Å². The molecule has 1 saturated carbocycles. The molecular weight excluding hydrogens is 322 g/mol. The number of benzene rings is 1. The number of carbonyl (C=O) groups excluding carboxylic acids is 1. The average molecular weight is 339 g/mol. The van der Waals surface area contributed by atoms with Crippen molar-refractivity contribution in [2.75, 3.05) is 0 Å². The molecule has 1 aliphatic carbocycles. The fraction of sp³-hybridized carbons (Fsp3) is 0.278. The van der Waals surface area contributed by atoms with Gasteiger partial charge in [0.15, 0.2) is 0 Å². The van der Waals surface area contributed by atoms with Crippen molar-refractivity contribution in [1.29, 1.82) is 0 Å². The van der Waals surface area contributed by atoms with E-state index in [0.29, 0.717) is 17.7 Å². The molecule has 1 amide bonds. The van der Waals surface area contributed by atoms with E-state index in [2.05, 4.69) is 21.4 Å². The standard InChI is InChI=1S/C18H17N3O2S/c22-14-6-12(7-14)17(21-18(23)16-9-19-10-24-16)13-5-11-3-1-2-4-15(11)20-8-13/h1-5,8-10,12,14,17,22H,6-7H2,(H,21,23). The first-order valence-corrected chi connectivity index (χ1v) is 8.81. The van der Waals surface area contributed by atoms with Crippen molar-refractivity contribution in [3.05, 3.63) is 58.7 Å². The summed E-state index contributed by atoms with van der Waals surface area (Å²) in [6.07, 6.45) is 4.52. The van der Waals surface area contributed by atoms with Crippen molar-refractivity contribution in [1.82, 2.24) is 15.3 Å². The fourth-order valence-electron chi connectivity index (χ4n) is 3.17. The summed E-state index contributed by atoms with van der Waals surface area (Å²) in [4.78, 5) is 21.5. The van der Waals surface area contributed by atoms with Crippen LogP contribution < -0.4 is 5.32 Å². The van der Waals surface area contributed by atoms with Gasteiger partial charge in [-0.05, 0) is 36.5 Å². The molecule has 122 valence electrons. The van der Waals surface area contributed by atoms with Gasteiger partial charge >= 0.3 is 0 Å². The highest BCUT2D eigenvalue weighted by atomic mass is 32.1. The van der Waals surface area contributed by atoms with Crippen molar-refractivity contribution in [2.24, 2.45) is 5.92 Å². The first-order chi connectivity index (χ1) is 11.7. The predicted molar refractivity (Wildman–Crippen MR) is 92.8 cm³/mol. The van der Waals surface area contributed by atoms with Crippen LogP contribution in [-0.2, 0) is 0 Å². The van der Waals surface area contributed by atoms with Gasteiger partial charge in [-0.3, -0.25) is 14.8 Å². The van der Waals surface area contributed by atoms with Crippen LogP contribution >= 0.6 is 11.3 Å². The van der Waals surface area contributed by atoms with Crippen molar-refractivity contribution in [2.45, 2.75) is 25.0 Å². The summed E-state index contributed by atoms with van der Waals surface area (Å²) in [5, 5.41) is 13.8. The molecule has 1 atom stereocenters. The largest absolute Gasteiger partial charge is 0.393 e. The Morgan fingerprint density at radius 1 is 1.29 bits per heavy atom. The summed E-state index contributed by atoms with van der Waals surface area (Å²) >= 11 is 1.32. The van der Waals surface area contributed by atoms with Gasteiger partial charge in [0, 0.05) is 11.6 Å². The molecule has 1 aromatic carbocycles. The number of nitrogens with one attached hydrogen (secondary N) is 1. The Labute approximate surface area is 143 Å². The quantitative estimate of drug-likeness (QED) is 0.766. The Kier molecular flexibility index (Phi) is 4.00. The lowest BCUT2D eigenvalue weighted by atomic mass is 9.75. The van der Waals surface area contributed by atoms with E-state index in [0.717, 1.165) is 16.5 Å². The van der Waals surface area contributed by atoms with E-state index in [1.165, 1.54) is 11.3 Å². The molecule has 6 heteroatoms. The highest BCUT2D eigenvalue weighted by molar-refractivity contribution is 7.11. The average Bonchev–Trinajstić information content (AvgIpc) is 3.11. The number of amides is 1. The van der Waals surface area contributed by atoms with Crippen LogP contribution in [-0.4, -0.2) is 27.1 Å². The highest BCUT2D eigenvalue weighted by Crippen LogP contribution is 2.38. The molecule has 4 rings (SSSR count). The lowest BCUT2D eigenvalue weighted by Gasteiger charge is -2.38. The second-order valence-corrected chi connectivity index (χ2v) is 7.05. The molecule has 24 heavy (non-hydrogen) atoms. The molecule has 0 spiro atoms. The Hall–Kier alpha value is -2.31. The Balaban J connectivity index is 1.65. The van der Waals surface area contributed by atoms with Crippen LogP contribution in [0.4, 0.5) is 0 Å². The van der Waals surface area contributed by atoms with Crippen molar-refractivity contribution < 1.29 is 9.90 Å². The highest BCUT2D eigenvalue weighted by Gasteiger charge is 2.36. The molecule has 0 aliphatic heterocycles. The first kappa shape index (κ1) is 15.2. The van der Waals surface area contributed by atoms with Crippen LogP contribution in [0.1, 0.15) is 34.1 Å². The van der Waals surface area contributed by atoms with Crippen LogP contribution in [0.15, 0.2) is 48.2 Å². The normalized spacial score (nSPS) is 21.2. The van der Waals surface area contributed by atoms with E-state index in [4.69, 9.17) is 0 Å². The molecule has 1 aliphatic rings. The zero-order chi connectivity index (χ0) is 16.5. The number of rotatable bonds is 4. The topological polar surface area (TPSA) is 75.1 Å². The smallest absolute Gasteiger partial charge is 0.263 e. The third kappa shape index (κ3) is 2.90. The van der Waals surface area contributed by atoms with Crippen molar-refractivity contribution >= 4 is 28.1 Å². The number of fused-ring (bicyclic) bond motifs is 1. The zero-order valence-corrected chi connectivity index (χ0v) is 13.7. The second kappa shape index (κ2) is 6.30. The number of thiazole rings is 1. The van der Waals surface area contributed by atoms with Crippen LogP contribution in [0.25, 0.3) is 10.9 Å². The van der Waals surface area contributed by atoms with Crippen LogP contribution in [0.5, 0.6) is 0 Å². The Bertz CT molecular complexity index is 860. The van der Waals surface area contributed by atoms with Gasteiger partial charge in [0.25, 0.3) is 5.91 Å². The summed E-state index contributed by atoms with van der Waals surface area (Å²) in [6.45, 7) is 0. The van der Waals surface area contributed by atoms with Gasteiger partial charge in [-0.15, -0.1) is 11.3 Å². The molecule has 2 N–H and O–H groups in total. The molecule has 1 fully saturated rings. The molecule has 1 unspecified atom stereocenters. The van der Waals surface area contributed by atoms with E-state index in [1.807, 2.05) is 30.5 Å². The minimum absolute atomic E-state index is 0.128. The lowest BCUT2D eigenvalue weighted by Crippen LogP contribution is -2.41. The van der Waals surface area contributed by atoms with Crippen molar-refractivity contribution in [3.8, 4) is 0 Å². The number of carbonyl (C=O) groups is 1. The molecule has 2 aromatic heterocycles. The lowest BCUT2D eigenvalue weighted by molar-refractivity contribution is 0.0235. The summed E-state index contributed by atoms with van der Waals surface area (Å²) in [6, 6.07) is 9.84. The Morgan fingerprint density at radius 2 is 2.12 bits per heavy atom. The molecule has 0 saturated heterocycles. The zero-order valence-electron chi connectivity index (χ0n) is 12.9. The number of aliphatic hydroxyl groups excluding tert-OH is 1. The van der Waals surface area contributed by atoms with E-state index < -0.39 is 0 Å². The molecule has 3 aromatic rings. The number of aromatic nitrogens is 2. The van der Waals surface area contributed by atoms with Gasteiger partial charge in [-0.1, -0.05) is 18.2 Å². The van der Waals surface area contributed by atoms with E-state index in [1.54, 1.807) is 11.7 Å². The summed E-state index contributed by atoms with van der Waals surface area (Å²) in [5.74, 6) is 0.0943. The molecule has 2 heterocycles. The minimum atomic E-state index is -0.272. The summed E-state index contributed by atoms with van der Waals surface area (Å²) in [5.41, 5.74) is 3.56. The number of para-hydroxylation sites is 1. The van der Waals surface area contributed by atoms with Crippen LogP contribution in [0.3, 0.4) is 0 Å². The molecule has 5 nitrogen and oxygen atoms in total.